The second kappa shape index (κ2) is 5.34. The van der Waals surface area contributed by atoms with Crippen molar-refractivity contribution in [1.29, 1.82) is 0 Å². The molecule has 0 aromatic carbocycles. The molecule has 19 heavy (non-hydrogen) atoms. The van der Waals surface area contributed by atoms with Crippen LogP contribution in [0.1, 0.15) is 27.2 Å². The van der Waals surface area contributed by atoms with Crippen LogP contribution in [-0.4, -0.2) is 42.9 Å². The number of nitrogens with zero attached hydrogens (tertiary/aromatic N) is 3. The van der Waals surface area contributed by atoms with Gasteiger partial charge < -0.3 is 18.9 Å². The zero-order valence-corrected chi connectivity index (χ0v) is 11.1. The summed E-state index contributed by atoms with van der Waals surface area (Å²) in [5.74, 6) is -1.17. The van der Waals surface area contributed by atoms with Gasteiger partial charge in [-0.2, -0.15) is 0 Å². The van der Waals surface area contributed by atoms with Gasteiger partial charge in [0.2, 0.25) is 0 Å². The van der Waals surface area contributed by atoms with Crippen molar-refractivity contribution in [2.24, 2.45) is 5.11 Å². The summed E-state index contributed by atoms with van der Waals surface area (Å²) in [6.07, 6.45) is -1.49. The molecule has 2 aliphatic rings. The van der Waals surface area contributed by atoms with Crippen LogP contribution in [0.2, 0.25) is 0 Å². The Morgan fingerprint density at radius 1 is 1.47 bits per heavy atom. The lowest BCUT2D eigenvalue weighted by atomic mass is 10.1. The topological polar surface area (TPSA) is 103 Å². The molecule has 0 amide bonds. The molecule has 2 fully saturated rings. The smallest absolute Gasteiger partial charge is 0.303 e. The Balaban J connectivity index is 2.05. The number of hydrogen-bond acceptors (Lipinski definition) is 6. The van der Waals surface area contributed by atoms with Gasteiger partial charge in [-0.05, 0) is 25.8 Å². The minimum absolute atomic E-state index is 0.266. The third-order valence-corrected chi connectivity index (χ3v) is 2.97. The van der Waals surface area contributed by atoms with Crippen molar-refractivity contribution in [3.63, 3.8) is 0 Å². The normalized spacial score (nSPS) is 35.5. The molecule has 2 saturated heterocycles. The molecule has 0 aromatic rings. The monoisotopic (exact) mass is 271 g/mol. The number of rotatable bonds is 4. The summed E-state index contributed by atoms with van der Waals surface area (Å²) in [5, 5.41) is 3.45. The summed E-state index contributed by atoms with van der Waals surface area (Å²) >= 11 is 0. The van der Waals surface area contributed by atoms with Crippen molar-refractivity contribution in [2.45, 2.75) is 57.6 Å². The van der Waals surface area contributed by atoms with Gasteiger partial charge in [-0.15, -0.1) is 0 Å². The maximum Gasteiger partial charge on any atom is 0.303 e. The second-order valence-electron chi connectivity index (χ2n) is 4.96. The molecule has 106 valence electrons. The summed E-state index contributed by atoms with van der Waals surface area (Å²) in [4.78, 5) is 13.8. The highest BCUT2D eigenvalue weighted by Gasteiger charge is 2.56. The standard InChI is InChI=1S/C11H17N3O5/c1-6(15)16-8-7(4-5-13-14-12)17-10-9(8)18-11(2,3)19-10/h7-10H,4-5H2,1-3H3/t7-,8+,9-,10-/m1/s1. The number of carbonyl (C=O) groups is 1. The summed E-state index contributed by atoms with van der Waals surface area (Å²) < 4.78 is 22.2. The number of fused-ring (bicyclic) bond motifs is 1. The largest absolute Gasteiger partial charge is 0.457 e. The Morgan fingerprint density at radius 3 is 2.84 bits per heavy atom. The summed E-state index contributed by atoms with van der Waals surface area (Å²) in [7, 11) is 0. The van der Waals surface area contributed by atoms with Gasteiger partial charge in [-0.3, -0.25) is 4.79 Å². The van der Waals surface area contributed by atoms with Crippen LogP contribution < -0.4 is 0 Å². The molecule has 4 atom stereocenters. The van der Waals surface area contributed by atoms with E-state index in [1.165, 1.54) is 6.92 Å². The van der Waals surface area contributed by atoms with Crippen LogP contribution in [0.3, 0.4) is 0 Å². The van der Waals surface area contributed by atoms with Gasteiger partial charge >= 0.3 is 5.97 Å². The van der Waals surface area contributed by atoms with Gasteiger partial charge in [0.05, 0.1) is 0 Å². The maximum absolute atomic E-state index is 11.2. The van der Waals surface area contributed by atoms with Crippen molar-refractivity contribution >= 4 is 5.97 Å². The molecule has 2 aliphatic heterocycles. The van der Waals surface area contributed by atoms with E-state index in [2.05, 4.69) is 10.0 Å². The number of esters is 1. The number of azide groups is 1. The summed E-state index contributed by atoms with van der Waals surface area (Å²) in [5.41, 5.74) is 8.26. The van der Waals surface area contributed by atoms with Crippen LogP contribution in [0.4, 0.5) is 0 Å². The molecule has 0 bridgehead atoms. The fraction of sp³-hybridized carbons (Fsp3) is 0.909. The van der Waals surface area contributed by atoms with Gasteiger partial charge in [0.25, 0.3) is 0 Å². The van der Waals surface area contributed by atoms with E-state index in [4.69, 9.17) is 24.5 Å². The number of carbonyl (C=O) groups excluding carboxylic acids is 1. The predicted octanol–water partition coefficient (Wildman–Crippen LogP) is 1.49. The minimum Gasteiger partial charge on any atom is -0.457 e. The summed E-state index contributed by atoms with van der Waals surface area (Å²) in [6, 6.07) is 0. The predicted molar refractivity (Wildman–Crippen MR) is 62.9 cm³/mol. The highest BCUT2D eigenvalue weighted by atomic mass is 16.8. The minimum atomic E-state index is -0.760. The van der Waals surface area contributed by atoms with Crippen LogP contribution in [0.25, 0.3) is 10.4 Å². The van der Waals surface area contributed by atoms with Gasteiger partial charge in [0, 0.05) is 18.4 Å². The molecule has 0 aromatic heterocycles. The Kier molecular flexibility index (Phi) is 3.96. The molecule has 0 aliphatic carbocycles. The molecule has 8 nitrogen and oxygen atoms in total. The highest BCUT2D eigenvalue weighted by molar-refractivity contribution is 5.66. The molecule has 0 radical (unpaired) electrons. The first-order chi connectivity index (χ1) is 8.93. The van der Waals surface area contributed by atoms with Gasteiger partial charge in [-0.25, -0.2) is 0 Å². The van der Waals surface area contributed by atoms with E-state index >= 15 is 0 Å². The third kappa shape index (κ3) is 3.16. The molecule has 0 spiro atoms. The fourth-order valence-corrected chi connectivity index (χ4v) is 2.34. The Bertz CT molecular complexity index is 407. The van der Waals surface area contributed by atoms with E-state index in [9.17, 15) is 4.79 Å². The molecule has 0 unspecified atom stereocenters. The Hall–Kier alpha value is -1.34. The van der Waals surface area contributed by atoms with Crippen molar-refractivity contribution < 1.29 is 23.7 Å². The van der Waals surface area contributed by atoms with Crippen LogP contribution in [0.15, 0.2) is 5.11 Å². The molecular formula is C11H17N3O5. The number of ether oxygens (including phenoxy) is 4. The lowest BCUT2D eigenvalue weighted by molar-refractivity contribution is -0.218. The van der Waals surface area contributed by atoms with E-state index in [1.54, 1.807) is 13.8 Å². The van der Waals surface area contributed by atoms with E-state index in [-0.39, 0.29) is 12.6 Å². The lowest BCUT2D eigenvalue weighted by Gasteiger charge is -2.25. The van der Waals surface area contributed by atoms with Crippen LogP contribution in [-0.2, 0) is 23.7 Å². The molecular weight excluding hydrogens is 254 g/mol. The molecule has 8 heteroatoms. The Morgan fingerprint density at radius 2 is 2.21 bits per heavy atom. The van der Waals surface area contributed by atoms with E-state index in [0.717, 1.165) is 0 Å². The third-order valence-electron chi connectivity index (χ3n) is 2.97. The van der Waals surface area contributed by atoms with E-state index < -0.39 is 30.3 Å². The lowest BCUT2D eigenvalue weighted by Crippen LogP contribution is -2.38. The van der Waals surface area contributed by atoms with Crippen molar-refractivity contribution in [2.75, 3.05) is 6.54 Å². The number of hydrogen-bond donors (Lipinski definition) is 0. The Labute approximate surface area is 110 Å². The van der Waals surface area contributed by atoms with E-state index in [1.807, 2.05) is 0 Å². The zero-order chi connectivity index (χ0) is 14.0. The zero-order valence-electron chi connectivity index (χ0n) is 11.1. The van der Waals surface area contributed by atoms with Crippen LogP contribution in [0, 0.1) is 0 Å². The van der Waals surface area contributed by atoms with Gasteiger partial charge in [-0.1, -0.05) is 5.11 Å². The first-order valence-corrected chi connectivity index (χ1v) is 6.12. The van der Waals surface area contributed by atoms with Crippen molar-refractivity contribution in [3.8, 4) is 0 Å². The average Bonchev–Trinajstić information content (AvgIpc) is 2.73. The fourth-order valence-electron chi connectivity index (χ4n) is 2.34. The van der Waals surface area contributed by atoms with Gasteiger partial charge in [0.1, 0.15) is 6.10 Å². The quantitative estimate of drug-likeness (QED) is 0.333. The SMILES string of the molecule is CC(=O)O[C@@H]1[C@H]2OC(C)(C)O[C@H]2O[C@@H]1CCN=[N+]=[N-]. The first kappa shape index (κ1) is 14.1. The molecule has 2 heterocycles. The van der Waals surface area contributed by atoms with Crippen LogP contribution >= 0.6 is 0 Å². The molecule has 0 saturated carbocycles. The van der Waals surface area contributed by atoms with Crippen LogP contribution in [0.5, 0.6) is 0 Å². The molecule has 0 N–H and O–H groups in total. The maximum atomic E-state index is 11.2. The van der Waals surface area contributed by atoms with Crippen molar-refractivity contribution in [1.82, 2.24) is 0 Å². The molecule has 2 rings (SSSR count). The second-order valence-corrected chi connectivity index (χ2v) is 4.96. The van der Waals surface area contributed by atoms with Crippen molar-refractivity contribution in [3.05, 3.63) is 10.4 Å². The summed E-state index contributed by atoms with van der Waals surface area (Å²) in [6.45, 7) is 5.14. The highest BCUT2D eigenvalue weighted by Crippen LogP contribution is 2.39. The van der Waals surface area contributed by atoms with Gasteiger partial charge in [0.15, 0.2) is 24.3 Å². The average molecular weight is 271 g/mol. The first-order valence-electron chi connectivity index (χ1n) is 6.12. The van der Waals surface area contributed by atoms with E-state index in [0.29, 0.717) is 6.42 Å².